The zero-order chi connectivity index (χ0) is 12.9. The lowest BCUT2D eigenvalue weighted by Gasteiger charge is -2.36. The van der Waals surface area contributed by atoms with Crippen LogP contribution < -0.4 is 5.32 Å². The van der Waals surface area contributed by atoms with Crippen LogP contribution in [0.25, 0.3) is 0 Å². The quantitative estimate of drug-likeness (QED) is 0.730. The number of nitrogens with zero attached hydrogens (tertiary/aromatic N) is 1. The normalized spacial score (nSPS) is 24.3. The molecule has 17 heavy (non-hydrogen) atoms. The predicted octanol–water partition coefficient (Wildman–Crippen LogP) is 0.996. The maximum Gasteiger partial charge on any atom is 0.230 e. The fourth-order valence-electron chi connectivity index (χ4n) is 2.73. The molecule has 1 unspecified atom stereocenters. The summed E-state index contributed by atoms with van der Waals surface area (Å²) in [6.45, 7) is 8.34. The number of rotatable bonds is 6. The van der Waals surface area contributed by atoms with Crippen molar-refractivity contribution in [2.75, 3.05) is 26.2 Å². The van der Waals surface area contributed by atoms with E-state index in [9.17, 15) is 4.79 Å². The first-order valence-electron chi connectivity index (χ1n) is 6.70. The Morgan fingerprint density at radius 1 is 1.53 bits per heavy atom. The molecule has 1 fully saturated rings. The molecule has 1 saturated heterocycles. The summed E-state index contributed by atoms with van der Waals surface area (Å²) in [5.41, 5.74) is -0.228. The van der Waals surface area contributed by atoms with Crippen LogP contribution in [0.15, 0.2) is 0 Å². The van der Waals surface area contributed by atoms with Gasteiger partial charge in [-0.2, -0.15) is 0 Å². The number of carbonyl (C=O) groups excluding carboxylic acids is 1. The number of aliphatic hydroxyl groups is 1. The molecule has 4 nitrogen and oxygen atoms in total. The Morgan fingerprint density at radius 2 is 2.24 bits per heavy atom. The summed E-state index contributed by atoms with van der Waals surface area (Å²) in [7, 11) is 0. The van der Waals surface area contributed by atoms with Gasteiger partial charge in [-0.25, -0.2) is 0 Å². The Balaban J connectivity index is 2.81. The van der Waals surface area contributed by atoms with E-state index >= 15 is 0 Å². The number of hydrogen-bond acceptors (Lipinski definition) is 3. The van der Waals surface area contributed by atoms with Crippen LogP contribution in [0.5, 0.6) is 0 Å². The highest BCUT2D eigenvalue weighted by Gasteiger charge is 2.43. The van der Waals surface area contributed by atoms with Crippen molar-refractivity contribution in [1.82, 2.24) is 10.2 Å². The van der Waals surface area contributed by atoms with Crippen molar-refractivity contribution in [2.24, 2.45) is 5.41 Å². The average molecular weight is 242 g/mol. The zero-order valence-electron chi connectivity index (χ0n) is 11.3. The van der Waals surface area contributed by atoms with Crippen LogP contribution in [0.2, 0.25) is 0 Å². The molecule has 4 heteroatoms. The van der Waals surface area contributed by atoms with Gasteiger partial charge in [-0.3, -0.25) is 4.79 Å². The molecule has 0 aromatic carbocycles. The fraction of sp³-hybridized carbons (Fsp3) is 0.923. The first-order chi connectivity index (χ1) is 8.07. The lowest BCUT2D eigenvalue weighted by molar-refractivity contribution is -0.144. The summed E-state index contributed by atoms with van der Waals surface area (Å²) < 4.78 is 0. The highest BCUT2D eigenvalue weighted by Crippen LogP contribution is 2.33. The van der Waals surface area contributed by atoms with E-state index in [4.69, 9.17) is 5.11 Å². The van der Waals surface area contributed by atoms with E-state index in [0.29, 0.717) is 6.54 Å². The van der Waals surface area contributed by atoms with Crippen molar-refractivity contribution >= 4 is 5.91 Å². The smallest absolute Gasteiger partial charge is 0.230 e. The molecule has 2 N–H and O–H groups in total. The van der Waals surface area contributed by atoms with Gasteiger partial charge in [-0.05, 0) is 33.2 Å². The molecule has 100 valence electrons. The van der Waals surface area contributed by atoms with Gasteiger partial charge in [0.05, 0.1) is 12.0 Å². The van der Waals surface area contributed by atoms with Crippen molar-refractivity contribution in [2.45, 2.75) is 46.1 Å². The molecule has 1 rings (SSSR count). The van der Waals surface area contributed by atoms with Crippen LogP contribution in [-0.4, -0.2) is 48.2 Å². The Hall–Kier alpha value is -0.610. The van der Waals surface area contributed by atoms with Gasteiger partial charge in [-0.1, -0.05) is 13.3 Å². The first-order valence-corrected chi connectivity index (χ1v) is 6.70. The Bertz CT molecular complexity index is 248. The van der Waals surface area contributed by atoms with Crippen LogP contribution >= 0.6 is 0 Å². The minimum atomic E-state index is -0.228. The molecule has 1 aliphatic rings. The topological polar surface area (TPSA) is 52.6 Å². The van der Waals surface area contributed by atoms with E-state index < -0.39 is 0 Å². The fourth-order valence-corrected chi connectivity index (χ4v) is 2.73. The lowest BCUT2D eigenvalue weighted by Crippen LogP contribution is -2.49. The standard InChI is InChI=1S/C13H26N2O2/c1-4-5-13(6-7-14-10-13)12(17)15(8-9-16)11(2)3/h11,14,16H,4-10H2,1-3H3. The minimum absolute atomic E-state index is 0.0412. The molecule has 0 radical (unpaired) electrons. The summed E-state index contributed by atoms with van der Waals surface area (Å²) in [5.74, 6) is 0.216. The van der Waals surface area contributed by atoms with E-state index in [1.165, 1.54) is 0 Å². The molecule has 0 spiro atoms. The van der Waals surface area contributed by atoms with Gasteiger partial charge in [0.2, 0.25) is 5.91 Å². The summed E-state index contributed by atoms with van der Waals surface area (Å²) in [4.78, 5) is 14.5. The zero-order valence-corrected chi connectivity index (χ0v) is 11.3. The first kappa shape index (κ1) is 14.5. The molecule has 1 atom stereocenters. The molecule has 0 saturated carbocycles. The average Bonchev–Trinajstić information content (AvgIpc) is 2.75. The minimum Gasteiger partial charge on any atom is -0.395 e. The second-order valence-electron chi connectivity index (χ2n) is 5.27. The Labute approximate surface area is 104 Å². The van der Waals surface area contributed by atoms with Crippen LogP contribution in [-0.2, 0) is 4.79 Å². The lowest BCUT2D eigenvalue weighted by atomic mass is 9.80. The largest absolute Gasteiger partial charge is 0.395 e. The molecular formula is C13H26N2O2. The van der Waals surface area contributed by atoms with Gasteiger partial charge in [0.25, 0.3) is 0 Å². The van der Waals surface area contributed by atoms with Gasteiger partial charge in [0, 0.05) is 19.1 Å². The molecule has 0 bridgehead atoms. The number of nitrogens with one attached hydrogen (secondary N) is 1. The summed E-state index contributed by atoms with van der Waals surface area (Å²) >= 11 is 0. The van der Waals surface area contributed by atoms with Crippen LogP contribution in [0.1, 0.15) is 40.0 Å². The maximum atomic E-state index is 12.7. The van der Waals surface area contributed by atoms with Gasteiger partial charge in [0.15, 0.2) is 0 Å². The van der Waals surface area contributed by atoms with Gasteiger partial charge in [0.1, 0.15) is 0 Å². The molecule has 0 aromatic heterocycles. The second-order valence-corrected chi connectivity index (χ2v) is 5.27. The molecule has 1 aliphatic heterocycles. The molecule has 0 aliphatic carbocycles. The number of amides is 1. The van der Waals surface area contributed by atoms with Crippen LogP contribution in [0.3, 0.4) is 0 Å². The Morgan fingerprint density at radius 3 is 2.65 bits per heavy atom. The summed E-state index contributed by atoms with van der Waals surface area (Å²) in [6, 6.07) is 0.156. The van der Waals surface area contributed by atoms with E-state index in [2.05, 4.69) is 12.2 Å². The van der Waals surface area contributed by atoms with Crippen molar-refractivity contribution < 1.29 is 9.90 Å². The van der Waals surface area contributed by atoms with E-state index in [1.807, 2.05) is 18.7 Å². The number of carbonyl (C=O) groups is 1. The molecule has 1 amide bonds. The second kappa shape index (κ2) is 6.36. The summed E-state index contributed by atoms with van der Waals surface area (Å²) in [6.07, 6.45) is 2.89. The third kappa shape index (κ3) is 3.19. The maximum absolute atomic E-state index is 12.7. The predicted molar refractivity (Wildman–Crippen MR) is 68.8 cm³/mol. The van der Waals surface area contributed by atoms with Crippen molar-refractivity contribution in [3.63, 3.8) is 0 Å². The van der Waals surface area contributed by atoms with E-state index in [1.54, 1.807) is 0 Å². The van der Waals surface area contributed by atoms with Crippen molar-refractivity contribution in [3.8, 4) is 0 Å². The highest BCUT2D eigenvalue weighted by atomic mass is 16.3. The molecule has 0 aromatic rings. The van der Waals surface area contributed by atoms with Gasteiger partial charge >= 0.3 is 0 Å². The van der Waals surface area contributed by atoms with Crippen molar-refractivity contribution in [1.29, 1.82) is 0 Å². The Kier molecular flexibility index (Phi) is 5.40. The van der Waals surface area contributed by atoms with Gasteiger partial charge < -0.3 is 15.3 Å². The van der Waals surface area contributed by atoms with E-state index in [-0.39, 0.29) is 24.0 Å². The highest BCUT2D eigenvalue weighted by molar-refractivity contribution is 5.83. The van der Waals surface area contributed by atoms with Crippen LogP contribution in [0, 0.1) is 5.41 Å². The van der Waals surface area contributed by atoms with Gasteiger partial charge in [-0.15, -0.1) is 0 Å². The third-order valence-electron chi connectivity index (χ3n) is 3.65. The number of aliphatic hydroxyl groups excluding tert-OH is 1. The molecular weight excluding hydrogens is 216 g/mol. The monoisotopic (exact) mass is 242 g/mol. The van der Waals surface area contributed by atoms with Crippen molar-refractivity contribution in [3.05, 3.63) is 0 Å². The number of hydrogen-bond donors (Lipinski definition) is 2. The SMILES string of the molecule is CCCC1(C(=O)N(CCO)C(C)C)CCNC1. The molecule has 1 heterocycles. The van der Waals surface area contributed by atoms with Crippen LogP contribution in [0.4, 0.5) is 0 Å². The third-order valence-corrected chi connectivity index (χ3v) is 3.65. The van der Waals surface area contributed by atoms with E-state index in [0.717, 1.165) is 32.4 Å². The summed E-state index contributed by atoms with van der Waals surface area (Å²) in [5, 5.41) is 12.4.